The van der Waals surface area contributed by atoms with Gasteiger partial charge < -0.3 is 9.64 Å². The van der Waals surface area contributed by atoms with Crippen LogP contribution in [0.4, 0.5) is 4.79 Å². The van der Waals surface area contributed by atoms with Crippen molar-refractivity contribution in [2.75, 3.05) is 19.6 Å². The molecule has 1 aliphatic rings. The van der Waals surface area contributed by atoms with Crippen LogP contribution in [0.15, 0.2) is 24.3 Å². The molecule has 1 amide bonds. The standard InChI is InChI=1S/C18H28N2O2/c1-14-8-6-7-9-16(14)13-19-10-11-20(15(2)12-19)17(21)22-18(3,4)5/h6-9,15H,10-13H2,1-5H3/t15-/m0/s1. The molecule has 0 aliphatic carbocycles. The molecule has 2 rings (SSSR count). The highest BCUT2D eigenvalue weighted by molar-refractivity contribution is 5.68. The lowest BCUT2D eigenvalue weighted by Crippen LogP contribution is -2.54. The van der Waals surface area contributed by atoms with E-state index in [9.17, 15) is 4.79 Å². The lowest BCUT2D eigenvalue weighted by atomic mass is 10.1. The number of benzene rings is 1. The Morgan fingerprint density at radius 1 is 1.27 bits per heavy atom. The number of nitrogens with zero attached hydrogens (tertiary/aromatic N) is 2. The Hall–Kier alpha value is -1.55. The van der Waals surface area contributed by atoms with Crippen LogP contribution in [0, 0.1) is 6.92 Å². The highest BCUT2D eigenvalue weighted by Gasteiger charge is 2.30. The molecule has 0 aromatic heterocycles. The van der Waals surface area contributed by atoms with Crippen molar-refractivity contribution in [1.29, 1.82) is 0 Å². The van der Waals surface area contributed by atoms with Gasteiger partial charge in [0.15, 0.2) is 0 Å². The molecule has 4 heteroatoms. The summed E-state index contributed by atoms with van der Waals surface area (Å²) in [4.78, 5) is 16.5. The zero-order chi connectivity index (χ0) is 16.3. The fraction of sp³-hybridized carbons (Fsp3) is 0.611. The lowest BCUT2D eigenvalue weighted by Gasteiger charge is -2.40. The Labute approximate surface area is 134 Å². The van der Waals surface area contributed by atoms with Crippen molar-refractivity contribution < 1.29 is 9.53 Å². The summed E-state index contributed by atoms with van der Waals surface area (Å²) in [6, 6.07) is 8.66. The number of carbonyl (C=O) groups is 1. The van der Waals surface area contributed by atoms with Gasteiger partial charge in [-0.3, -0.25) is 4.90 Å². The fourth-order valence-corrected chi connectivity index (χ4v) is 2.80. The summed E-state index contributed by atoms with van der Waals surface area (Å²) in [5, 5.41) is 0. The van der Waals surface area contributed by atoms with E-state index in [1.54, 1.807) is 0 Å². The van der Waals surface area contributed by atoms with E-state index in [-0.39, 0.29) is 12.1 Å². The highest BCUT2D eigenvalue weighted by Crippen LogP contribution is 2.18. The molecule has 122 valence electrons. The molecule has 1 fully saturated rings. The van der Waals surface area contributed by atoms with E-state index in [0.29, 0.717) is 0 Å². The predicted molar refractivity (Wildman–Crippen MR) is 88.9 cm³/mol. The van der Waals surface area contributed by atoms with Gasteiger partial charge in [-0.25, -0.2) is 4.79 Å². The van der Waals surface area contributed by atoms with Gasteiger partial charge in [0, 0.05) is 32.2 Å². The van der Waals surface area contributed by atoms with E-state index in [0.717, 1.165) is 26.2 Å². The van der Waals surface area contributed by atoms with Crippen LogP contribution in [0.3, 0.4) is 0 Å². The third-order valence-corrected chi connectivity index (χ3v) is 3.99. The van der Waals surface area contributed by atoms with Crippen molar-refractivity contribution >= 4 is 6.09 Å². The summed E-state index contributed by atoms with van der Waals surface area (Å²) in [6.07, 6.45) is -0.199. The minimum atomic E-state index is -0.435. The average molecular weight is 304 g/mol. The maximum Gasteiger partial charge on any atom is 0.410 e. The van der Waals surface area contributed by atoms with Gasteiger partial charge in [-0.1, -0.05) is 24.3 Å². The number of rotatable bonds is 2. The van der Waals surface area contributed by atoms with E-state index < -0.39 is 5.60 Å². The summed E-state index contributed by atoms with van der Waals surface area (Å²) in [5.74, 6) is 0. The molecule has 1 atom stereocenters. The Morgan fingerprint density at radius 2 is 1.95 bits per heavy atom. The molecule has 0 saturated carbocycles. The van der Waals surface area contributed by atoms with E-state index in [1.165, 1.54) is 11.1 Å². The molecule has 0 bridgehead atoms. The predicted octanol–water partition coefficient (Wildman–Crippen LogP) is 3.44. The maximum atomic E-state index is 12.2. The number of hydrogen-bond acceptors (Lipinski definition) is 3. The number of aryl methyl sites for hydroxylation is 1. The molecule has 1 aromatic carbocycles. The van der Waals surface area contributed by atoms with Crippen LogP contribution in [-0.2, 0) is 11.3 Å². The number of hydrogen-bond donors (Lipinski definition) is 0. The molecule has 1 aliphatic heterocycles. The van der Waals surface area contributed by atoms with Crippen molar-refractivity contribution in [3.8, 4) is 0 Å². The van der Waals surface area contributed by atoms with Gasteiger partial charge in [0.05, 0.1) is 0 Å². The number of carbonyl (C=O) groups excluding carboxylic acids is 1. The number of amides is 1. The molecule has 22 heavy (non-hydrogen) atoms. The Morgan fingerprint density at radius 3 is 2.55 bits per heavy atom. The van der Waals surface area contributed by atoms with Gasteiger partial charge in [0.1, 0.15) is 5.60 Å². The van der Waals surface area contributed by atoms with Crippen molar-refractivity contribution in [2.24, 2.45) is 0 Å². The molecule has 1 aromatic rings. The summed E-state index contributed by atoms with van der Waals surface area (Å²) >= 11 is 0. The minimum absolute atomic E-state index is 0.174. The maximum absolute atomic E-state index is 12.2. The highest BCUT2D eigenvalue weighted by atomic mass is 16.6. The first-order chi connectivity index (χ1) is 10.3. The molecule has 0 spiro atoms. The van der Waals surface area contributed by atoms with Crippen LogP contribution in [0.1, 0.15) is 38.8 Å². The average Bonchev–Trinajstić information content (AvgIpc) is 2.39. The van der Waals surface area contributed by atoms with Gasteiger partial charge >= 0.3 is 6.09 Å². The second kappa shape index (κ2) is 6.69. The second-order valence-electron chi connectivity index (χ2n) is 7.18. The van der Waals surface area contributed by atoms with Gasteiger partial charge in [0.2, 0.25) is 0 Å². The molecule has 1 saturated heterocycles. The number of piperazine rings is 1. The third-order valence-electron chi connectivity index (χ3n) is 3.99. The molecule has 0 unspecified atom stereocenters. The minimum Gasteiger partial charge on any atom is -0.444 e. The molecular formula is C18H28N2O2. The van der Waals surface area contributed by atoms with E-state index in [4.69, 9.17) is 4.74 Å². The second-order valence-corrected chi connectivity index (χ2v) is 7.18. The largest absolute Gasteiger partial charge is 0.444 e. The summed E-state index contributed by atoms with van der Waals surface area (Å²) in [5.41, 5.74) is 2.25. The van der Waals surface area contributed by atoms with Crippen molar-refractivity contribution in [2.45, 2.75) is 52.8 Å². The monoisotopic (exact) mass is 304 g/mol. The summed E-state index contributed by atoms with van der Waals surface area (Å²) in [7, 11) is 0. The molecule has 0 radical (unpaired) electrons. The Bertz CT molecular complexity index is 522. The van der Waals surface area contributed by atoms with Gasteiger partial charge in [-0.15, -0.1) is 0 Å². The number of ether oxygens (including phenoxy) is 1. The van der Waals surface area contributed by atoms with Crippen LogP contribution in [0.25, 0.3) is 0 Å². The van der Waals surface area contributed by atoms with E-state index >= 15 is 0 Å². The van der Waals surface area contributed by atoms with Crippen LogP contribution in [0.5, 0.6) is 0 Å². The SMILES string of the molecule is Cc1ccccc1CN1CCN(C(=O)OC(C)(C)C)[C@@H](C)C1. The lowest BCUT2D eigenvalue weighted by molar-refractivity contribution is 0.000538. The van der Waals surface area contributed by atoms with Crippen LogP contribution >= 0.6 is 0 Å². The third kappa shape index (κ3) is 4.47. The topological polar surface area (TPSA) is 32.8 Å². The van der Waals surface area contributed by atoms with E-state index in [1.807, 2.05) is 25.7 Å². The van der Waals surface area contributed by atoms with Crippen molar-refractivity contribution in [3.63, 3.8) is 0 Å². The molecule has 0 N–H and O–H groups in total. The van der Waals surface area contributed by atoms with Gasteiger partial charge in [-0.05, 0) is 45.7 Å². The molecule has 1 heterocycles. The van der Waals surface area contributed by atoms with Crippen LogP contribution in [0.2, 0.25) is 0 Å². The Kier molecular flexibility index (Phi) is 5.12. The molecule has 4 nitrogen and oxygen atoms in total. The first-order valence-electron chi connectivity index (χ1n) is 8.03. The fourth-order valence-electron chi connectivity index (χ4n) is 2.80. The van der Waals surface area contributed by atoms with Crippen molar-refractivity contribution in [1.82, 2.24) is 9.80 Å². The Balaban J connectivity index is 1.93. The normalized spacial score (nSPS) is 20.0. The quantitative estimate of drug-likeness (QED) is 0.839. The smallest absolute Gasteiger partial charge is 0.410 e. The summed E-state index contributed by atoms with van der Waals surface area (Å²) < 4.78 is 5.49. The van der Waals surface area contributed by atoms with Crippen LogP contribution < -0.4 is 0 Å². The zero-order valence-corrected chi connectivity index (χ0v) is 14.4. The molecular weight excluding hydrogens is 276 g/mol. The summed E-state index contributed by atoms with van der Waals surface area (Å²) in [6.45, 7) is 13.4. The van der Waals surface area contributed by atoms with Crippen molar-refractivity contribution in [3.05, 3.63) is 35.4 Å². The first kappa shape index (κ1) is 16.8. The van der Waals surface area contributed by atoms with Gasteiger partial charge in [0.25, 0.3) is 0 Å². The first-order valence-corrected chi connectivity index (χ1v) is 8.03. The zero-order valence-electron chi connectivity index (χ0n) is 14.4. The van der Waals surface area contributed by atoms with Gasteiger partial charge in [-0.2, -0.15) is 0 Å². The van der Waals surface area contributed by atoms with Crippen LogP contribution in [-0.4, -0.2) is 47.2 Å². The van der Waals surface area contributed by atoms with E-state index in [2.05, 4.69) is 43.0 Å².